The summed E-state index contributed by atoms with van der Waals surface area (Å²) >= 11 is 0. The first kappa shape index (κ1) is 51.6. The highest BCUT2D eigenvalue weighted by molar-refractivity contribution is 5.91. The van der Waals surface area contributed by atoms with Crippen LogP contribution in [0.25, 0.3) is 0 Å². The third kappa shape index (κ3) is 13.4. The standard InChI is InChI=1S/C47H74N6O9/c1-13-30(6)41(51(9)46(58)39(28(2)3)50-45(57)40(29(4)5)52(10)47(59)62-27-33-21-23-35(48)24-22-33)37(60-11)26-38(54)53-25-17-20-36(53)43(61-12)31(7)44(56)49-32(8)42(55)34-18-15-14-16-19-34/h14-16,18-19,21-24,28-32,36-37,39-43,55H,13,17,20,25-27,48H2,1-12H3,(H,49,56)(H,50,57)/t30-,31?,32+,36-,37?,39-,40-,41+,42?,43?/m0/s1. The van der Waals surface area contributed by atoms with E-state index in [-0.39, 0.29) is 54.5 Å². The van der Waals surface area contributed by atoms with Crippen molar-refractivity contribution in [2.75, 3.05) is 40.6 Å². The van der Waals surface area contributed by atoms with Gasteiger partial charge in [-0.25, -0.2) is 4.79 Å². The third-order valence-corrected chi connectivity index (χ3v) is 12.4. The highest BCUT2D eigenvalue weighted by Crippen LogP contribution is 2.30. The average molecular weight is 867 g/mol. The van der Waals surface area contributed by atoms with Crippen LogP contribution < -0.4 is 16.4 Å². The Kier molecular flexibility index (Phi) is 20.2. The summed E-state index contributed by atoms with van der Waals surface area (Å²) in [4.78, 5) is 74.2. The van der Waals surface area contributed by atoms with Gasteiger partial charge in [-0.05, 0) is 60.8 Å². The molecule has 1 fully saturated rings. The maximum Gasteiger partial charge on any atom is 0.410 e. The quantitative estimate of drug-likeness (QED) is 0.115. The van der Waals surface area contributed by atoms with Crippen LogP contribution in [0.3, 0.4) is 0 Å². The number of ether oxygens (including phenoxy) is 3. The molecule has 62 heavy (non-hydrogen) atoms. The largest absolute Gasteiger partial charge is 0.445 e. The molecule has 15 heteroatoms. The van der Waals surface area contributed by atoms with E-state index < -0.39 is 60.4 Å². The van der Waals surface area contributed by atoms with E-state index >= 15 is 0 Å². The Morgan fingerprint density at radius 3 is 2.03 bits per heavy atom. The van der Waals surface area contributed by atoms with Gasteiger partial charge in [0, 0.05) is 40.5 Å². The number of nitrogens with one attached hydrogen (secondary N) is 2. The van der Waals surface area contributed by atoms with Gasteiger partial charge in [-0.15, -0.1) is 0 Å². The number of rotatable bonds is 22. The number of carbonyl (C=O) groups excluding carboxylic acids is 5. The van der Waals surface area contributed by atoms with Crippen LogP contribution in [-0.4, -0.2) is 127 Å². The number of benzene rings is 2. The van der Waals surface area contributed by atoms with Crippen LogP contribution in [0.5, 0.6) is 0 Å². The molecule has 0 aromatic heterocycles. The average Bonchev–Trinajstić information content (AvgIpc) is 3.74. The van der Waals surface area contributed by atoms with Crippen molar-refractivity contribution in [2.45, 2.75) is 136 Å². The molecule has 2 aromatic rings. The monoisotopic (exact) mass is 867 g/mol. The minimum Gasteiger partial charge on any atom is -0.445 e. The van der Waals surface area contributed by atoms with Gasteiger partial charge in [-0.1, -0.05) is 97.4 Å². The second-order valence-electron chi connectivity index (χ2n) is 17.6. The van der Waals surface area contributed by atoms with E-state index in [1.54, 1.807) is 67.1 Å². The van der Waals surface area contributed by atoms with Crippen molar-refractivity contribution in [3.63, 3.8) is 0 Å². The predicted molar refractivity (Wildman–Crippen MR) is 239 cm³/mol. The second kappa shape index (κ2) is 24.2. The zero-order chi connectivity index (χ0) is 46.4. The summed E-state index contributed by atoms with van der Waals surface area (Å²) in [5.41, 5.74) is 7.80. The van der Waals surface area contributed by atoms with Crippen molar-refractivity contribution < 1.29 is 43.3 Å². The molecule has 0 aliphatic carbocycles. The number of anilines is 1. The molecule has 5 N–H and O–H groups in total. The minimum absolute atomic E-state index is 0.00367. The number of nitrogens with two attached hydrogens (primary N) is 1. The summed E-state index contributed by atoms with van der Waals surface area (Å²) in [5, 5.41) is 16.8. The van der Waals surface area contributed by atoms with Crippen LogP contribution in [0.1, 0.15) is 98.3 Å². The third-order valence-electron chi connectivity index (χ3n) is 12.4. The fourth-order valence-electron chi connectivity index (χ4n) is 8.55. The Morgan fingerprint density at radius 2 is 1.48 bits per heavy atom. The molecule has 1 saturated heterocycles. The van der Waals surface area contributed by atoms with E-state index in [1.165, 1.54) is 26.2 Å². The van der Waals surface area contributed by atoms with E-state index in [1.807, 2.05) is 59.7 Å². The number of hydrogen-bond donors (Lipinski definition) is 4. The Hall–Kier alpha value is -4.73. The van der Waals surface area contributed by atoms with Gasteiger partial charge in [0.2, 0.25) is 23.6 Å². The molecule has 1 aliphatic rings. The molecule has 10 atom stereocenters. The first-order chi connectivity index (χ1) is 29.3. The predicted octanol–water partition coefficient (Wildman–Crippen LogP) is 5.16. The lowest BCUT2D eigenvalue weighted by Crippen LogP contribution is -2.60. The highest BCUT2D eigenvalue weighted by Gasteiger charge is 2.43. The van der Waals surface area contributed by atoms with Crippen LogP contribution in [0.15, 0.2) is 54.6 Å². The number of carbonyl (C=O) groups is 5. The lowest BCUT2D eigenvalue weighted by Gasteiger charge is -2.41. The van der Waals surface area contributed by atoms with Gasteiger partial charge in [0.25, 0.3) is 0 Å². The number of nitrogens with zero attached hydrogens (tertiary/aromatic N) is 3. The molecule has 4 unspecified atom stereocenters. The molecule has 2 aromatic carbocycles. The van der Waals surface area contributed by atoms with Crippen molar-refractivity contribution in [3.05, 3.63) is 65.7 Å². The van der Waals surface area contributed by atoms with Crippen molar-refractivity contribution in [1.29, 1.82) is 0 Å². The number of hydrogen-bond acceptors (Lipinski definition) is 10. The fraction of sp³-hybridized carbons (Fsp3) is 0.638. The molecule has 346 valence electrons. The first-order valence-corrected chi connectivity index (χ1v) is 22.0. The van der Waals surface area contributed by atoms with Crippen LogP contribution in [0.4, 0.5) is 10.5 Å². The zero-order valence-electron chi connectivity index (χ0n) is 39.0. The molecule has 5 amide bonds. The summed E-state index contributed by atoms with van der Waals surface area (Å²) < 4.78 is 17.5. The Labute approximate surface area is 369 Å². The number of amides is 5. The summed E-state index contributed by atoms with van der Waals surface area (Å²) in [7, 11) is 6.24. The number of aliphatic hydroxyl groups excluding tert-OH is 1. The van der Waals surface area contributed by atoms with Crippen molar-refractivity contribution >= 4 is 35.4 Å². The normalized spacial score (nSPS) is 18.4. The lowest BCUT2D eigenvalue weighted by molar-refractivity contribution is -0.148. The summed E-state index contributed by atoms with van der Waals surface area (Å²) in [6, 6.07) is 12.7. The smallest absolute Gasteiger partial charge is 0.410 e. The highest BCUT2D eigenvalue weighted by atomic mass is 16.6. The van der Waals surface area contributed by atoms with E-state index in [9.17, 15) is 29.1 Å². The van der Waals surface area contributed by atoms with Crippen LogP contribution in [0.2, 0.25) is 0 Å². The Morgan fingerprint density at radius 1 is 0.855 bits per heavy atom. The number of likely N-dealkylation sites (tertiary alicyclic amines) is 1. The molecule has 1 aliphatic heterocycles. The van der Waals surface area contributed by atoms with E-state index in [0.29, 0.717) is 30.6 Å². The first-order valence-electron chi connectivity index (χ1n) is 22.0. The summed E-state index contributed by atoms with van der Waals surface area (Å²) in [5.74, 6) is -2.72. The van der Waals surface area contributed by atoms with Gasteiger partial charge >= 0.3 is 6.09 Å². The second-order valence-corrected chi connectivity index (χ2v) is 17.6. The molecular weight excluding hydrogens is 793 g/mol. The maximum absolute atomic E-state index is 14.5. The Bertz CT molecular complexity index is 1740. The maximum atomic E-state index is 14.5. The van der Waals surface area contributed by atoms with E-state index in [2.05, 4.69) is 10.6 Å². The SMILES string of the molecule is CC[C@H](C)[C@H](C(CC(=O)N1CCC[C@H]1C(OC)C(C)C(=O)N[C@H](C)C(O)c1ccccc1)OC)N(C)C(=O)[C@@H](NC(=O)[C@H](C(C)C)N(C)C(=O)OCc1ccc(N)cc1)C(C)C. The van der Waals surface area contributed by atoms with Crippen LogP contribution >= 0.6 is 0 Å². The number of aliphatic hydroxyl groups is 1. The van der Waals surface area contributed by atoms with Gasteiger partial charge in [-0.3, -0.25) is 24.1 Å². The molecule has 15 nitrogen and oxygen atoms in total. The lowest BCUT2D eigenvalue weighted by atomic mass is 9.89. The number of methoxy groups -OCH3 is 2. The zero-order valence-corrected chi connectivity index (χ0v) is 39.0. The minimum atomic E-state index is -0.956. The van der Waals surface area contributed by atoms with Gasteiger partial charge in [0.05, 0.1) is 48.8 Å². The summed E-state index contributed by atoms with van der Waals surface area (Å²) in [6.07, 6.45) is -0.909. The molecule has 0 saturated carbocycles. The van der Waals surface area contributed by atoms with Crippen molar-refractivity contribution in [2.24, 2.45) is 23.7 Å². The van der Waals surface area contributed by atoms with Crippen molar-refractivity contribution in [3.8, 4) is 0 Å². The Balaban J connectivity index is 1.75. The summed E-state index contributed by atoms with van der Waals surface area (Å²) in [6.45, 7) is 15.3. The topological polar surface area (TPSA) is 193 Å². The molecule has 0 radical (unpaired) electrons. The van der Waals surface area contributed by atoms with E-state index in [0.717, 1.165) is 12.0 Å². The van der Waals surface area contributed by atoms with Gasteiger partial charge in [-0.2, -0.15) is 0 Å². The molecule has 0 spiro atoms. The van der Waals surface area contributed by atoms with Crippen molar-refractivity contribution in [1.82, 2.24) is 25.3 Å². The van der Waals surface area contributed by atoms with E-state index in [4.69, 9.17) is 19.9 Å². The van der Waals surface area contributed by atoms with Crippen LogP contribution in [-0.2, 0) is 40.0 Å². The van der Waals surface area contributed by atoms with Gasteiger partial charge in [0.15, 0.2) is 0 Å². The molecule has 3 rings (SSSR count). The van der Waals surface area contributed by atoms with Gasteiger partial charge < -0.3 is 45.5 Å². The molecule has 1 heterocycles. The molecule has 0 bridgehead atoms. The molecular formula is C47H74N6O9. The van der Waals surface area contributed by atoms with Gasteiger partial charge in [0.1, 0.15) is 18.7 Å². The fourth-order valence-corrected chi connectivity index (χ4v) is 8.55. The van der Waals surface area contributed by atoms with Crippen LogP contribution in [0, 0.1) is 23.7 Å². The number of likely N-dealkylation sites (N-methyl/N-ethyl adjacent to an activating group) is 2. The number of nitrogen functional groups attached to an aromatic ring is 1.